The van der Waals surface area contributed by atoms with Gasteiger partial charge in [0.2, 0.25) is 0 Å². The predicted octanol–water partition coefficient (Wildman–Crippen LogP) is 1.27. The number of nitrogens with two attached hydrogens (primary N) is 1. The summed E-state index contributed by atoms with van der Waals surface area (Å²) in [7, 11) is 4.06. The van der Waals surface area contributed by atoms with E-state index in [0.29, 0.717) is 5.75 Å². The fraction of sp³-hybridized carbons (Fsp3) is 0.400. The number of pyridine rings is 1. The van der Waals surface area contributed by atoms with Crippen LogP contribution in [0.15, 0.2) is 18.3 Å². The number of hydrogen-bond donors (Lipinski definition) is 2. The van der Waals surface area contributed by atoms with Crippen LogP contribution in [0.5, 0.6) is 0 Å². The Kier molecular flexibility index (Phi) is 4.58. The zero-order valence-corrected chi connectivity index (χ0v) is 9.84. The minimum atomic E-state index is 0.134. The van der Waals surface area contributed by atoms with E-state index in [2.05, 4.69) is 16.0 Å². The molecule has 1 aromatic heterocycles. The van der Waals surface area contributed by atoms with Crippen LogP contribution in [0.2, 0.25) is 0 Å². The van der Waals surface area contributed by atoms with Gasteiger partial charge in [0.25, 0.3) is 0 Å². The fourth-order valence-corrected chi connectivity index (χ4v) is 1.68. The second kappa shape index (κ2) is 5.72. The SMILES string of the molecule is CN(C)Cc1ccnc(CSC(=N)N)c1. The van der Waals surface area contributed by atoms with Gasteiger partial charge in [-0.15, -0.1) is 0 Å². The van der Waals surface area contributed by atoms with Gasteiger partial charge in [-0.1, -0.05) is 11.8 Å². The van der Waals surface area contributed by atoms with Crippen LogP contribution in [0.3, 0.4) is 0 Å². The summed E-state index contributed by atoms with van der Waals surface area (Å²) in [6.45, 7) is 0.903. The van der Waals surface area contributed by atoms with Crippen molar-refractivity contribution in [1.82, 2.24) is 9.88 Å². The molecular weight excluding hydrogens is 208 g/mol. The first kappa shape index (κ1) is 12.0. The van der Waals surface area contributed by atoms with E-state index in [9.17, 15) is 0 Å². The van der Waals surface area contributed by atoms with E-state index in [1.165, 1.54) is 17.3 Å². The molecule has 0 bridgehead atoms. The molecule has 3 N–H and O–H groups in total. The topological polar surface area (TPSA) is 66.0 Å². The smallest absolute Gasteiger partial charge is 0.151 e. The molecule has 82 valence electrons. The van der Waals surface area contributed by atoms with Gasteiger partial charge in [-0.05, 0) is 31.8 Å². The van der Waals surface area contributed by atoms with Crippen molar-refractivity contribution in [1.29, 1.82) is 5.41 Å². The number of aromatic nitrogens is 1. The van der Waals surface area contributed by atoms with E-state index in [4.69, 9.17) is 11.1 Å². The first-order chi connectivity index (χ1) is 7.08. The minimum Gasteiger partial charge on any atom is -0.379 e. The second-order valence-electron chi connectivity index (χ2n) is 3.55. The van der Waals surface area contributed by atoms with Crippen molar-refractivity contribution in [2.45, 2.75) is 12.3 Å². The molecule has 0 radical (unpaired) electrons. The van der Waals surface area contributed by atoms with Crippen molar-refractivity contribution < 1.29 is 0 Å². The molecule has 1 aromatic rings. The van der Waals surface area contributed by atoms with Gasteiger partial charge in [-0.25, -0.2) is 0 Å². The fourth-order valence-electron chi connectivity index (χ4n) is 1.22. The van der Waals surface area contributed by atoms with Gasteiger partial charge in [0.15, 0.2) is 5.17 Å². The van der Waals surface area contributed by atoms with E-state index in [1.54, 1.807) is 6.20 Å². The zero-order valence-electron chi connectivity index (χ0n) is 9.03. The molecule has 0 aromatic carbocycles. The molecule has 0 fully saturated rings. The highest BCUT2D eigenvalue weighted by Gasteiger charge is 2.00. The minimum absolute atomic E-state index is 0.134. The first-order valence-electron chi connectivity index (χ1n) is 4.63. The highest BCUT2D eigenvalue weighted by atomic mass is 32.2. The molecule has 0 atom stereocenters. The van der Waals surface area contributed by atoms with Crippen LogP contribution in [-0.2, 0) is 12.3 Å². The summed E-state index contributed by atoms with van der Waals surface area (Å²) in [5, 5.41) is 7.25. The largest absolute Gasteiger partial charge is 0.379 e. The Morgan fingerprint density at radius 1 is 1.60 bits per heavy atom. The monoisotopic (exact) mass is 224 g/mol. The highest BCUT2D eigenvalue weighted by Crippen LogP contribution is 2.11. The Morgan fingerprint density at radius 2 is 2.33 bits per heavy atom. The molecule has 0 saturated heterocycles. The molecule has 1 heterocycles. The van der Waals surface area contributed by atoms with Crippen molar-refractivity contribution in [2.75, 3.05) is 14.1 Å². The molecule has 5 heteroatoms. The molecule has 1 rings (SSSR count). The van der Waals surface area contributed by atoms with Crippen LogP contribution in [0.4, 0.5) is 0 Å². The number of nitrogens with one attached hydrogen (secondary N) is 1. The lowest BCUT2D eigenvalue weighted by Gasteiger charge is -2.10. The molecule has 0 aliphatic rings. The zero-order chi connectivity index (χ0) is 11.3. The lowest BCUT2D eigenvalue weighted by atomic mass is 10.2. The third-order valence-corrected chi connectivity index (χ3v) is 2.51. The van der Waals surface area contributed by atoms with Gasteiger partial charge in [-0.3, -0.25) is 10.4 Å². The molecule has 0 unspecified atom stereocenters. The average molecular weight is 224 g/mol. The summed E-state index contributed by atoms with van der Waals surface area (Å²) in [4.78, 5) is 6.34. The van der Waals surface area contributed by atoms with Crippen molar-refractivity contribution in [3.8, 4) is 0 Å². The normalized spacial score (nSPS) is 10.6. The van der Waals surface area contributed by atoms with Crippen molar-refractivity contribution in [3.63, 3.8) is 0 Å². The standard InChI is InChI=1S/C10H16N4S/c1-14(2)6-8-3-4-13-9(5-8)7-15-10(11)12/h3-5H,6-7H2,1-2H3,(H3,11,12). The molecule has 0 saturated carbocycles. The summed E-state index contributed by atoms with van der Waals surface area (Å²) >= 11 is 1.30. The number of nitrogens with zero attached hydrogens (tertiary/aromatic N) is 2. The highest BCUT2D eigenvalue weighted by molar-refractivity contribution is 8.13. The maximum atomic E-state index is 7.12. The Hall–Kier alpha value is -1.07. The number of thioether (sulfide) groups is 1. The van der Waals surface area contributed by atoms with Gasteiger partial charge in [-0.2, -0.15) is 0 Å². The lowest BCUT2D eigenvalue weighted by Crippen LogP contribution is -2.11. The van der Waals surface area contributed by atoms with Gasteiger partial charge in [0, 0.05) is 18.5 Å². The van der Waals surface area contributed by atoms with Gasteiger partial charge in [0.05, 0.1) is 5.69 Å². The number of hydrogen-bond acceptors (Lipinski definition) is 4. The second-order valence-corrected chi connectivity index (χ2v) is 4.56. The van der Waals surface area contributed by atoms with Crippen LogP contribution >= 0.6 is 11.8 Å². The summed E-state index contributed by atoms with van der Waals surface area (Å²) in [5.74, 6) is 0.663. The van der Waals surface area contributed by atoms with E-state index in [-0.39, 0.29) is 5.17 Å². The summed E-state index contributed by atoms with van der Waals surface area (Å²) in [5.41, 5.74) is 7.47. The molecule has 0 spiro atoms. The average Bonchev–Trinajstić information content (AvgIpc) is 2.14. The quantitative estimate of drug-likeness (QED) is 0.597. The molecule has 0 aliphatic heterocycles. The first-order valence-corrected chi connectivity index (χ1v) is 5.62. The summed E-state index contributed by atoms with van der Waals surface area (Å²) < 4.78 is 0. The Morgan fingerprint density at radius 3 is 2.93 bits per heavy atom. The van der Waals surface area contributed by atoms with E-state index < -0.39 is 0 Å². The number of rotatable bonds is 4. The van der Waals surface area contributed by atoms with Crippen molar-refractivity contribution in [3.05, 3.63) is 29.6 Å². The third-order valence-electron chi connectivity index (χ3n) is 1.76. The lowest BCUT2D eigenvalue weighted by molar-refractivity contribution is 0.402. The number of amidine groups is 1. The van der Waals surface area contributed by atoms with Crippen molar-refractivity contribution >= 4 is 16.9 Å². The van der Waals surface area contributed by atoms with Gasteiger partial charge in [0.1, 0.15) is 0 Å². The van der Waals surface area contributed by atoms with Crippen molar-refractivity contribution in [2.24, 2.45) is 5.73 Å². The van der Waals surface area contributed by atoms with Gasteiger partial charge < -0.3 is 10.6 Å². The molecule has 15 heavy (non-hydrogen) atoms. The Bertz CT molecular complexity index is 338. The third kappa shape index (κ3) is 4.80. The maximum Gasteiger partial charge on any atom is 0.151 e. The van der Waals surface area contributed by atoms with E-state index in [1.807, 2.05) is 20.2 Å². The maximum absolute atomic E-state index is 7.12. The van der Waals surface area contributed by atoms with Crippen LogP contribution in [0.25, 0.3) is 0 Å². The summed E-state index contributed by atoms with van der Waals surface area (Å²) in [6.07, 6.45) is 1.80. The molecule has 4 nitrogen and oxygen atoms in total. The van der Waals surface area contributed by atoms with Crippen LogP contribution < -0.4 is 5.73 Å². The Balaban J connectivity index is 2.61. The molecular formula is C10H16N4S. The molecule has 0 amide bonds. The van der Waals surface area contributed by atoms with Crippen LogP contribution in [0, 0.1) is 5.41 Å². The molecule has 0 aliphatic carbocycles. The van der Waals surface area contributed by atoms with Crippen LogP contribution in [0.1, 0.15) is 11.3 Å². The Labute approximate surface area is 94.4 Å². The summed E-state index contributed by atoms with van der Waals surface area (Å²) in [6, 6.07) is 4.05. The van der Waals surface area contributed by atoms with Gasteiger partial charge >= 0.3 is 0 Å². The van der Waals surface area contributed by atoms with E-state index >= 15 is 0 Å². The van der Waals surface area contributed by atoms with Crippen LogP contribution in [-0.4, -0.2) is 29.1 Å². The van der Waals surface area contributed by atoms with E-state index in [0.717, 1.165) is 12.2 Å². The predicted molar refractivity (Wildman–Crippen MR) is 64.8 cm³/mol.